The zero-order valence-corrected chi connectivity index (χ0v) is 60.6. The molecule has 0 aromatic heterocycles. The number of methoxy groups -OCH3 is 6. The van der Waals surface area contributed by atoms with E-state index in [-0.39, 0.29) is 43.5 Å². The molecule has 0 fully saturated rings. The van der Waals surface area contributed by atoms with E-state index in [1.54, 1.807) is 68.6 Å². The first-order valence-electron chi connectivity index (χ1n) is 33.3. The van der Waals surface area contributed by atoms with Gasteiger partial charge in [0.2, 0.25) is 0 Å². The quantitative estimate of drug-likeness (QED) is 0.0203. The number of hydrogen-bond donors (Lipinski definition) is 0. The van der Waals surface area contributed by atoms with Gasteiger partial charge in [0.15, 0.2) is 12.0 Å². The van der Waals surface area contributed by atoms with Crippen LogP contribution in [0.25, 0.3) is 29.1 Å². The average molecular weight is 1440 g/mol. The molecule has 0 N–H and O–H groups in total. The lowest BCUT2D eigenvalue weighted by atomic mass is 10.0. The Bertz CT molecular complexity index is 4710. The smallest absolute Gasteiger partial charge is 0.335 e. The highest BCUT2D eigenvalue weighted by Crippen LogP contribution is 2.52. The van der Waals surface area contributed by atoms with E-state index in [1.165, 1.54) is 12.1 Å². The van der Waals surface area contributed by atoms with Crippen LogP contribution in [0.15, 0.2) is 243 Å². The van der Waals surface area contributed by atoms with Crippen molar-refractivity contribution < 1.29 is 51.6 Å². The van der Waals surface area contributed by atoms with Crippen molar-refractivity contribution in [2.45, 2.75) is 27.4 Å². The SMILES string of the molecule is C.CCOP(=O)(Cc1cc(C#N)c(C=O)cc1C#N)OCC.COc1ccc(N(c2ccc(C=O)cc2)c2ccc(OC)cc2)cc1.[C-]#[N+]c1cc(/C=C/c2ccc(N(c3ccc(OC)cc3)c3ccc(OC)cc3)cc2)c(C#N)cc1/C=C/c1ccc(N(c2ccc(OC)cc2)c2ccc(OC)cc2)cc1. The summed E-state index contributed by atoms with van der Waals surface area (Å²) in [6.07, 6.45) is 8.91. The summed E-state index contributed by atoms with van der Waals surface area (Å²) < 4.78 is 54.9. The van der Waals surface area contributed by atoms with Crippen LogP contribution in [0.1, 0.15) is 86.5 Å². The van der Waals surface area contributed by atoms with Crippen molar-refractivity contribution in [1.29, 1.82) is 15.8 Å². The molecule has 0 saturated carbocycles. The second-order valence-corrected chi connectivity index (χ2v) is 25.1. The van der Waals surface area contributed by atoms with E-state index in [9.17, 15) is 19.4 Å². The summed E-state index contributed by atoms with van der Waals surface area (Å²) >= 11 is 0. The molecule has 0 saturated heterocycles. The summed E-state index contributed by atoms with van der Waals surface area (Å²) in [4.78, 5) is 32.1. The van der Waals surface area contributed by atoms with Crippen LogP contribution in [0.4, 0.5) is 56.9 Å². The molecule has 0 atom stereocenters. The zero-order valence-electron chi connectivity index (χ0n) is 59.7. The predicted octanol–water partition coefficient (Wildman–Crippen LogP) is 22.1. The molecule has 0 aliphatic heterocycles. The van der Waals surface area contributed by atoms with Gasteiger partial charge in [0.05, 0.1) is 104 Å². The minimum Gasteiger partial charge on any atom is -0.497 e. The molecule has 107 heavy (non-hydrogen) atoms. The third kappa shape index (κ3) is 20.7. The van der Waals surface area contributed by atoms with E-state index in [2.05, 4.69) is 49.9 Å². The minimum atomic E-state index is -3.38. The molecule has 0 aliphatic carbocycles. The maximum atomic E-state index is 12.5. The highest BCUT2D eigenvalue weighted by Gasteiger charge is 2.27. The zero-order chi connectivity index (χ0) is 75.4. The second kappa shape index (κ2) is 39.3. The van der Waals surface area contributed by atoms with Gasteiger partial charge in [-0.15, -0.1) is 0 Å². The molecule has 19 heteroatoms. The molecule has 0 heterocycles. The van der Waals surface area contributed by atoms with E-state index in [1.807, 2.05) is 231 Å². The summed E-state index contributed by atoms with van der Waals surface area (Å²) in [6, 6.07) is 83.6. The molecular weight excluding hydrogens is 1360 g/mol. The van der Waals surface area contributed by atoms with E-state index < -0.39 is 7.60 Å². The van der Waals surface area contributed by atoms with E-state index in [0.29, 0.717) is 39.8 Å². The number of aldehydes is 2. The summed E-state index contributed by atoms with van der Waals surface area (Å²) in [5.41, 5.74) is 14.4. The van der Waals surface area contributed by atoms with Gasteiger partial charge in [-0.1, -0.05) is 56.0 Å². The second-order valence-electron chi connectivity index (χ2n) is 23.0. The van der Waals surface area contributed by atoms with Crippen molar-refractivity contribution in [2.24, 2.45) is 0 Å². The molecule has 0 bridgehead atoms. The normalized spacial score (nSPS) is 10.5. The number of benzene rings is 11. The van der Waals surface area contributed by atoms with Gasteiger partial charge in [0.25, 0.3) is 0 Å². The fourth-order valence-corrected chi connectivity index (χ4v) is 12.9. The Balaban J connectivity index is 0.000000251. The Morgan fingerprint density at radius 1 is 0.364 bits per heavy atom. The van der Waals surface area contributed by atoms with Gasteiger partial charge >= 0.3 is 7.60 Å². The Hall–Kier alpha value is -13.5. The van der Waals surface area contributed by atoms with Crippen LogP contribution in [0.2, 0.25) is 0 Å². The van der Waals surface area contributed by atoms with Gasteiger partial charge in [-0.05, 0) is 260 Å². The van der Waals surface area contributed by atoms with Crippen LogP contribution in [0.5, 0.6) is 34.5 Å². The van der Waals surface area contributed by atoms with Gasteiger partial charge in [-0.25, -0.2) is 4.85 Å². The molecule has 11 aromatic rings. The number of anilines is 9. The van der Waals surface area contributed by atoms with Crippen LogP contribution in [0, 0.1) is 40.6 Å². The molecule has 11 rings (SSSR count). The molecule has 0 spiro atoms. The molecular formula is C88H80N7O11P. The van der Waals surface area contributed by atoms with Crippen LogP contribution in [-0.4, -0.2) is 68.4 Å². The van der Waals surface area contributed by atoms with Crippen molar-refractivity contribution in [3.63, 3.8) is 0 Å². The summed E-state index contributed by atoms with van der Waals surface area (Å²) in [5.74, 6) is 4.72. The van der Waals surface area contributed by atoms with Crippen molar-refractivity contribution in [2.75, 3.05) is 70.6 Å². The Morgan fingerprint density at radius 3 is 0.897 bits per heavy atom. The Labute approximate surface area is 625 Å². The van der Waals surface area contributed by atoms with Gasteiger partial charge in [-0.3, -0.25) is 14.2 Å². The van der Waals surface area contributed by atoms with E-state index in [4.69, 9.17) is 54.6 Å². The number of hydrogen-bond acceptors (Lipinski definition) is 17. The largest absolute Gasteiger partial charge is 0.497 e. The summed E-state index contributed by atoms with van der Waals surface area (Å²) in [5, 5.41) is 28.3. The number of ether oxygens (including phenoxy) is 6. The summed E-state index contributed by atoms with van der Waals surface area (Å²) in [7, 11) is 6.53. The topological polar surface area (TPSA) is 210 Å². The van der Waals surface area contributed by atoms with Gasteiger partial charge in [0, 0.05) is 62.3 Å². The number of carbonyl (C=O) groups excluding carboxylic acids is 2. The maximum absolute atomic E-state index is 12.5. The third-order valence-corrected chi connectivity index (χ3v) is 18.6. The first kappa shape index (κ1) is 79.3. The molecule has 0 amide bonds. The average Bonchev–Trinajstić information content (AvgIpc) is 0.819. The lowest BCUT2D eigenvalue weighted by Crippen LogP contribution is -2.09. The van der Waals surface area contributed by atoms with Crippen LogP contribution in [0.3, 0.4) is 0 Å². The highest BCUT2D eigenvalue weighted by molar-refractivity contribution is 7.53. The lowest BCUT2D eigenvalue weighted by Gasteiger charge is -2.26. The number of carbonyl (C=O) groups is 2. The van der Waals surface area contributed by atoms with Crippen LogP contribution in [-0.2, 0) is 19.8 Å². The molecule has 0 radical (unpaired) electrons. The Kier molecular flexibility index (Phi) is 29.1. The molecule has 18 nitrogen and oxygen atoms in total. The maximum Gasteiger partial charge on any atom is 0.335 e. The van der Waals surface area contributed by atoms with E-state index >= 15 is 0 Å². The molecule has 11 aromatic carbocycles. The van der Waals surface area contributed by atoms with Crippen LogP contribution >= 0.6 is 7.60 Å². The van der Waals surface area contributed by atoms with Gasteiger partial charge in [0.1, 0.15) is 40.8 Å². The van der Waals surface area contributed by atoms with Gasteiger partial charge < -0.3 is 52.2 Å². The predicted molar refractivity (Wildman–Crippen MR) is 426 cm³/mol. The fraction of sp³-hybridized carbons (Fsp3) is 0.136. The Morgan fingerprint density at radius 2 is 0.636 bits per heavy atom. The fourth-order valence-electron chi connectivity index (χ4n) is 11.2. The molecule has 538 valence electrons. The van der Waals surface area contributed by atoms with Crippen molar-refractivity contribution in [3.8, 4) is 52.7 Å². The first-order valence-corrected chi connectivity index (χ1v) is 35.1. The van der Waals surface area contributed by atoms with Crippen molar-refractivity contribution in [3.05, 3.63) is 310 Å². The minimum absolute atomic E-state index is 0. The van der Waals surface area contributed by atoms with Crippen LogP contribution < -0.4 is 43.1 Å². The number of nitriles is 3. The van der Waals surface area contributed by atoms with Crippen molar-refractivity contribution >= 4 is 101 Å². The standard InChI is InChI=1S/C52H42N4O4.C21H19NO3.C14H15N2O4P.CH4/c1-54-52-35-39(12-6-37-8-14-42(15-9-37)55(44-18-26-48(57-2)27-19-44)45-20-28-49(58-3)29-21-45)41(36-53)34-40(52)13-7-38-10-16-43(17-11-38)56(46-22-30-50(59-4)31-23-46)47-24-32-51(60-5)33-25-47;1-24-20-11-7-18(8-12-20)22(17-5-3-16(15-23)4-6-17)19-9-13-21(25-2)14-10-19;1-3-19-21(18,20-4-2)10-14-6-11(7-15)13(9-17)5-12(14)8-16;/h6-35H,2-5H3;3-15H,1-2H3;5-6,9H,3-4,10H2,1-2H3;1H4/b12-6+,13-7+;;;. The third-order valence-electron chi connectivity index (χ3n) is 16.6. The highest BCUT2D eigenvalue weighted by atomic mass is 31.2. The molecule has 0 unspecified atom stereocenters. The van der Waals surface area contributed by atoms with E-state index in [0.717, 1.165) is 103 Å². The van der Waals surface area contributed by atoms with Crippen molar-refractivity contribution in [1.82, 2.24) is 0 Å². The monoisotopic (exact) mass is 1440 g/mol. The molecule has 0 aliphatic rings. The number of rotatable bonds is 27. The lowest BCUT2D eigenvalue weighted by molar-refractivity contribution is 0.111. The summed E-state index contributed by atoms with van der Waals surface area (Å²) in [6.45, 7) is 11.8. The number of nitrogens with zero attached hydrogens (tertiary/aromatic N) is 7. The van der Waals surface area contributed by atoms with Gasteiger partial charge in [-0.2, -0.15) is 15.8 Å². The first-order chi connectivity index (χ1) is 51.7.